The van der Waals surface area contributed by atoms with Crippen molar-refractivity contribution in [2.24, 2.45) is 0 Å². The Bertz CT molecular complexity index is 785. The molecule has 5 heteroatoms. The molecule has 1 aromatic carbocycles. The molecule has 2 heterocycles. The summed E-state index contributed by atoms with van der Waals surface area (Å²) in [6.07, 6.45) is 5.72. The van der Waals surface area contributed by atoms with Gasteiger partial charge in [0.2, 0.25) is 0 Å². The minimum absolute atomic E-state index is 0.308. The van der Waals surface area contributed by atoms with Gasteiger partial charge in [0.1, 0.15) is 12.4 Å². The predicted molar refractivity (Wildman–Crippen MR) is 98.3 cm³/mol. The molecule has 0 aliphatic carbocycles. The van der Waals surface area contributed by atoms with Crippen molar-refractivity contribution < 1.29 is 4.74 Å². The Morgan fingerprint density at radius 1 is 1.16 bits per heavy atom. The number of rotatable bonds is 8. The molecule has 130 valence electrons. The molecule has 0 saturated carbocycles. The Labute approximate surface area is 148 Å². The molecule has 0 bridgehead atoms. The quantitative estimate of drug-likeness (QED) is 0.685. The van der Waals surface area contributed by atoms with E-state index in [2.05, 4.69) is 41.5 Å². The van der Waals surface area contributed by atoms with E-state index in [1.165, 1.54) is 5.56 Å². The summed E-state index contributed by atoms with van der Waals surface area (Å²) in [5.41, 5.74) is 3.25. The lowest BCUT2D eigenvalue weighted by Crippen LogP contribution is -2.30. The molecule has 3 aromatic rings. The topological polar surface area (TPSA) is 52.0 Å². The highest BCUT2D eigenvalue weighted by Crippen LogP contribution is 2.19. The van der Waals surface area contributed by atoms with E-state index >= 15 is 0 Å². The monoisotopic (exact) mass is 336 g/mol. The molecule has 0 aliphatic rings. The third-order valence-corrected chi connectivity index (χ3v) is 3.94. The second-order valence-electron chi connectivity index (χ2n) is 6.24. The van der Waals surface area contributed by atoms with Gasteiger partial charge in [0.05, 0.1) is 18.4 Å². The molecule has 2 aromatic heterocycles. The third-order valence-electron chi connectivity index (χ3n) is 3.94. The molecule has 0 saturated heterocycles. The molecule has 0 spiro atoms. The number of hydrogen-bond acceptors (Lipinski definition) is 4. The van der Waals surface area contributed by atoms with E-state index in [9.17, 15) is 0 Å². The number of nitrogens with zero attached hydrogens (tertiary/aromatic N) is 3. The van der Waals surface area contributed by atoms with Crippen molar-refractivity contribution >= 4 is 0 Å². The molecule has 0 radical (unpaired) electrons. The van der Waals surface area contributed by atoms with Gasteiger partial charge in [0, 0.05) is 30.5 Å². The summed E-state index contributed by atoms with van der Waals surface area (Å²) >= 11 is 0. The summed E-state index contributed by atoms with van der Waals surface area (Å²) in [4.78, 5) is 4.30. The van der Waals surface area contributed by atoms with Gasteiger partial charge in [0.15, 0.2) is 0 Å². The molecular formula is C20H24N4O. The zero-order valence-corrected chi connectivity index (χ0v) is 14.7. The van der Waals surface area contributed by atoms with Gasteiger partial charge in [0.25, 0.3) is 0 Å². The lowest BCUT2D eigenvalue weighted by molar-refractivity contribution is 0.296. The van der Waals surface area contributed by atoms with Crippen molar-refractivity contribution in [3.63, 3.8) is 0 Å². The number of nitrogens with one attached hydrogen (secondary N) is 1. The molecule has 5 nitrogen and oxygen atoms in total. The highest BCUT2D eigenvalue weighted by molar-refractivity contribution is 5.33. The zero-order chi connectivity index (χ0) is 17.5. The highest BCUT2D eigenvalue weighted by Gasteiger charge is 2.07. The molecule has 0 unspecified atom stereocenters. The van der Waals surface area contributed by atoms with Crippen LogP contribution in [-0.2, 0) is 19.7 Å². The van der Waals surface area contributed by atoms with E-state index in [-0.39, 0.29) is 0 Å². The first-order valence-electron chi connectivity index (χ1n) is 8.54. The van der Waals surface area contributed by atoms with Crippen LogP contribution in [0.25, 0.3) is 0 Å². The number of aromatic nitrogens is 3. The minimum Gasteiger partial charge on any atom is -0.487 e. The van der Waals surface area contributed by atoms with Gasteiger partial charge in [-0.15, -0.1) is 0 Å². The first kappa shape index (κ1) is 17.2. The van der Waals surface area contributed by atoms with E-state index in [4.69, 9.17) is 4.74 Å². The van der Waals surface area contributed by atoms with Crippen LogP contribution in [0, 0.1) is 6.92 Å². The summed E-state index contributed by atoms with van der Waals surface area (Å²) in [5.74, 6) is 0.891. The van der Waals surface area contributed by atoms with Crippen molar-refractivity contribution in [1.82, 2.24) is 20.1 Å². The van der Waals surface area contributed by atoms with Crippen molar-refractivity contribution in [3.8, 4) is 5.75 Å². The molecule has 0 amide bonds. The lowest BCUT2D eigenvalue weighted by Gasteiger charge is -2.16. The fourth-order valence-corrected chi connectivity index (χ4v) is 2.62. The Kier molecular flexibility index (Phi) is 5.80. The number of hydrogen-bond donors (Lipinski definition) is 1. The minimum atomic E-state index is 0.308. The van der Waals surface area contributed by atoms with Crippen molar-refractivity contribution in [1.29, 1.82) is 0 Å². The van der Waals surface area contributed by atoms with Gasteiger partial charge in [-0.2, -0.15) is 5.10 Å². The lowest BCUT2D eigenvalue weighted by atomic mass is 10.2. The zero-order valence-electron chi connectivity index (χ0n) is 14.7. The van der Waals surface area contributed by atoms with Crippen molar-refractivity contribution in [2.75, 3.05) is 0 Å². The summed E-state index contributed by atoms with van der Waals surface area (Å²) in [6, 6.07) is 14.3. The van der Waals surface area contributed by atoms with E-state index in [1.807, 2.05) is 47.3 Å². The maximum absolute atomic E-state index is 5.96. The van der Waals surface area contributed by atoms with Gasteiger partial charge >= 0.3 is 0 Å². The molecule has 0 aliphatic heterocycles. The number of para-hydroxylation sites is 1. The van der Waals surface area contributed by atoms with Crippen LogP contribution < -0.4 is 10.1 Å². The van der Waals surface area contributed by atoms with Crippen molar-refractivity contribution in [2.45, 2.75) is 39.6 Å². The van der Waals surface area contributed by atoms with Crippen LogP contribution in [-0.4, -0.2) is 20.8 Å². The maximum Gasteiger partial charge on any atom is 0.130 e. The van der Waals surface area contributed by atoms with Gasteiger partial charge in [-0.05, 0) is 37.6 Å². The fourth-order valence-electron chi connectivity index (χ4n) is 2.62. The second-order valence-corrected chi connectivity index (χ2v) is 6.24. The van der Waals surface area contributed by atoms with Gasteiger partial charge < -0.3 is 10.1 Å². The second kappa shape index (κ2) is 8.44. The standard InChI is InChI=1S/C20H24N4O/c1-16-11-23-24(13-16)14-17(2)22-12-18-7-3-4-9-20(18)25-15-19-8-5-6-10-21-19/h3-11,13,17,22H,12,14-15H2,1-2H3/t17-/m0/s1. The average molecular weight is 336 g/mol. The van der Waals surface area contributed by atoms with Crippen LogP contribution in [0.1, 0.15) is 23.7 Å². The Balaban J connectivity index is 1.55. The largest absolute Gasteiger partial charge is 0.487 e. The molecule has 1 N–H and O–H groups in total. The molecule has 1 atom stereocenters. The van der Waals surface area contributed by atoms with E-state index in [0.29, 0.717) is 12.6 Å². The van der Waals surface area contributed by atoms with Gasteiger partial charge in [-0.25, -0.2) is 0 Å². The van der Waals surface area contributed by atoms with Gasteiger partial charge in [-0.1, -0.05) is 24.3 Å². The molecule has 25 heavy (non-hydrogen) atoms. The number of benzene rings is 1. The number of aryl methyl sites for hydroxylation is 1. The van der Waals surface area contributed by atoms with E-state index in [0.717, 1.165) is 30.1 Å². The SMILES string of the molecule is Cc1cnn(C[C@H](C)NCc2ccccc2OCc2ccccn2)c1. The highest BCUT2D eigenvalue weighted by atomic mass is 16.5. The predicted octanol–water partition coefficient (Wildman–Crippen LogP) is 3.34. The first-order valence-corrected chi connectivity index (χ1v) is 8.54. The smallest absolute Gasteiger partial charge is 0.130 e. The summed E-state index contributed by atoms with van der Waals surface area (Å²) < 4.78 is 7.93. The Morgan fingerprint density at radius 2 is 2.00 bits per heavy atom. The number of ether oxygens (including phenoxy) is 1. The van der Waals surface area contributed by atoms with Crippen LogP contribution in [0.3, 0.4) is 0 Å². The van der Waals surface area contributed by atoms with Gasteiger partial charge in [-0.3, -0.25) is 9.67 Å². The maximum atomic E-state index is 5.96. The summed E-state index contributed by atoms with van der Waals surface area (Å²) in [6.45, 7) is 6.27. The third kappa shape index (κ3) is 5.16. The summed E-state index contributed by atoms with van der Waals surface area (Å²) in [7, 11) is 0. The Hall–Kier alpha value is -2.66. The number of pyridine rings is 1. The molecule has 0 fully saturated rings. The van der Waals surface area contributed by atoms with E-state index < -0.39 is 0 Å². The fraction of sp³-hybridized carbons (Fsp3) is 0.300. The van der Waals surface area contributed by atoms with Crippen LogP contribution >= 0.6 is 0 Å². The normalized spacial score (nSPS) is 12.1. The first-order chi connectivity index (χ1) is 12.2. The molecule has 3 rings (SSSR count). The van der Waals surface area contributed by atoms with Crippen LogP contribution in [0.4, 0.5) is 0 Å². The van der Waals surface area contributed by atoms with Crippen molar-refractivity contribution in [3.05, 3.63) is 77.9 Å². The Morgan fingerprint density at radius 3 is 2.76 bits per heavy atom. The van der Waals surface area contributed by atoms with Crippen LogP contribution in [0.5, 0.6) is 5.75 Å². The average Bonchev–Trinajstić information content (AvgIpc) is 3.04. The summed E-state index contributed by atoms with van der Waals surface area (Å²) in [5, 5.41) is 7.88. The van der Waals surface area contributed by atoms with Crippen LogP contribution in [0.15, 0.2) is 61.1 Å². The molecular weight excluding hydrogens is 312 g/mol. The van der Waals surface area contributed by atoms with Crippen LogP contribution in [0.2, 0.25) is 0 Å². The van der Waals surface area contributed by atoms with E-state index in [1.54, 1.807) is 6.20 Å².